The second kappa shape index (κ2) is 3.64. The van der Waals surface area contributed by atoms with Gasteiger partial charge >= 0.3 is 0 Å². The van der Waals surface area contributed by atoms with Crippen molar-refractivity contribution in [3.63, 3.8) is 0 Å². The molecule has 0 aromatic carbocycles. The summed E-state index contributed by atoms with van der Waals surface area (Å²) in [5.41, 5.74) is -0.535. The molecule has 1 unspecified atom stereocenters. The van der Waals surface area contributed by atoms with Gasteiger partial charge in [-0.15, -0.1) is 0 Å². The zero-order valence-corrected chi connectivity index (χ0v) is 8.42. The molecular formula is C9H18N2O2. The normalized spacial score (nSPS) is 20.6. The fourth-order valence-electron chi connectivity index (χ4n) is 0.998. The predicted molar refractivity (Wildman–Crippen MR) is 50.3 cm³/mol. The molecule has 0 aromatic rings. The zero-order chi connectivity index (χ0) is 10.1. The van der Waals surface area contributed by atoms with Crippen molar-refractivity contribution in [1.29, 1.82) is 0 Å². The fraction of sp³-hybridized carbons (Fsp3) is 0.889. The van der Waals surface area contributed by atoms with Crippen molar-refractivity contribution < 1.29 is 9.90 Å². The largest absolute Gasteiger partial charge is 0.391 e. The van der Waals surface area contributed by atoms with E-state index in [1.165, 1.54) is 0 Å². The lowest BCUT2D eigenvalue weighted by atomic mass is 9.95. The van der Waals surface area contributed by atoms with Gasteiger partial charge < -0.3 is 15.7 Å². The molecule has 1 saturated heterocycles. The highest BCUT2D eigenvalue weighted by Gasteiger charge is 2.31. The van der Waals surface area contributed by atoms with Crippen LogP contribution in [0.3, 0.4) is 0 Å². The Morgan fingerprint density at radius 1 is 1.62 bits per heavy atom. The van der Waals surface area contributed by atoms with E-state index >= 15 is 0 Å². The molecule has 1 heterocycles. The van der Waals surface area contributed by atoms with Crippen LogP contribution in [-0.2, 0) is 4.79 Å². The summed E-state index contributed by atoms with van der Waals surface area (Å²) in [4.78, 5) is 11.5. The van der Waals surface area contributed by atoms with Gasteiger partial charge in [0, 0.05) is 13.1 Å². The fourth-order valence-corrected chi connectivity index (χ4v) is 0.998. The van der Waals surface area contributed by atoms with Crippen LogP contribution < -0.4 is 10.6 Å². The zero-order valence-electron chi connectivity index (χ0n) is 8.42. The number of amides is 1. The quantitative estimate of drug-likeness (QED) is 0.556. The molecule has 1 rings (SSSR count). The van der Waals surface area contributed by atoms with Crippen LogP contribution in [0.4, 0.5) is 0 Å². The van der Waals surface area contributed by atoms with Gasteiger partial charge in [0.15, 0.2) is 0 Å². The van der Waals surface area contributed by atoms with Gasteiger partial charge in [0.2, 0.25) is 5.91 Å². The highest BCUT2D eigenvalue weighted by atomic mass is 16.3. The van der Waals surface area contributed by atoms with Crippen LogP contribution in [-0.4, -0.2) is 35.7 Å². The Balaban J connectivity index is 2.42. The lowest BCUT2D eigenvalue weighted by Crippen LogP contribution is -2.58. The molecule has 13 heavy (non-hydrogen) atoms. The van der Waals surface area contributed by atoms with Crippen LogP contribution in [0.1, 0.15) is 20.8 Å². The van der Waals surface area contributed by atoms with Crippen molar-refractivity contribution in [1.82, 2.24) is 10.6 Å². The first kappa shape index (κ1) is 10.5. The van der Waals surface area contributed by atoms with Crippen LogP contribution in [0.15, 0.2) is 0 Å². The van der Waals surface area contributed by atoms with Crippen LogP contribution >= 0.6 is 0 Å². The first-order valence-corrected chi connectivity index (χ1v) is 4.64. The molecule has 3 N–H and O–H groups in total. The summed E-state index contributed by atoms with van der Waals surface area (Å²) in [5, 5.41) is 15.2. The highest BCUT2D eigenvalue weighted by molar-refractivity contribution is 5.80. The smallest absolute Gasteiger partial charge is 0.226 e. The van der Waals surface area contributed by atoms with Gasteiger partial charge in [-0.1, -0.05) is 0 Å². The van der Waals surface area contributed by atoms with Crippen LogP contribution in [0.5, 0.6) is 0 Å². The van der Waals surface area contributed by atoms with E-state index < -0.39 is 11.6 Å². The monoisotopic (exact) mass is 186 g/mol. The maximum Gasteiger partial charge on any atom is 0.226 e. The summed E-state index contributed by atoms with van der Waals surface area (Å²) in [6, 6.07) is 0. The summed E-state index contributed by atoms with van der Waals surface area (Å²) in [5.74, 6) is 0.114. The van der Waals surface area contributed by atoms with Crippen LogP contribution in [0.2, 0.25) is 0 Å². The topological polar surface area (TPSA) is 61.4 Å². The van der Waals surface area contributed by atoms with Gasteiger partial charge in [-0.2, -0.15) is 0 Å². The average molecular weight is 186 g/mol. The molecule has 1 atom stereocenters. The molecular weight excluding hydrogens is 168 g/mol. The Kier molecular flexibility index (Phi) is 2.93. The van der Waals surface area contributed by atoms with Gasteiger partial charge in [-0.25, -0.2) is 0 Å². The van der Waals surface area contributed by atoms with E-state index in [9.17, 15) is 9.90 Å². The third-order valence-electron chi connectivity index (χ3n) is 2.64. The van der Waals surface area contributed by atoms with Crippen molar-refractivity contribution in [2.45, 2.75) is 32.4 Å². The average Bonchev–Trinajstić information content (AvgIpc) is 1.80. The van der Waals surface area contributed by atoms with Crippen molar-refractivity contribution in [3.8, 4) is 0 Å². The van der Waals surface area contributed by atoms with Gasteiger partial charge in [0.25, 0.3) is 0 Å². The molecule has 0 bridgehead atoms. The molecule has 1 aliphatic heterocycles. The van der Waals surface area contributed by atoms with Crippen molar-refractivity contribution >= 4 is 5.91 Å². The lowest BCUT2D eigenvalue weighted by Gasteiger charge is -2.34. The molecule has 0 saturated carbocycles. The van der Waals surface area contributed by atoms with Crippen molar-refractivity contribution in [2.24, 2.45) is 5.92 Å². The van der Waals surface area contributed by atoms with Crippen molar-refractivity contribution in [2.75, 3.05) is 13.1 Å². The molecule has 1 amide bonds. The second-order valence-electron chi connectivity index (χ2n) is 4.24. The minimum atomic E-state index is -0.538. The standard InChI is InChI=1S/C9H18N2O2/c1-6(12)9(2,3)11-8(13)7-4-10-5-7/h6-7,10,12H,4-5H2,1-3H3,(H,11,13). The first-order valence-electron chi connectivity index (χ1n) is 4.64. The van der Waals surface area contributed by atoms with E-state index in [2.05, 4.69) is 10.6 Å². The maximum atomic E-state index is 11.5. The summed E-state index contributed by atoms with van der Waals surface area (Å²) in [6.45, 7) is 6.83. The Morgan fingerprint density at radius 2 is 2.15 bits per heavy atom. The molecule has 0 spiro atoms. The number of aliphatic hydroxyl groups excluding tert-OH is 1. The number of carbonyl (C=O) groups is 1. The summed E-state index contributed by atoms with van der Waals surface area (Å²) < 4.78 is 0. The maximum absolute atomic E-state index is 11.5. The van der Waals surface area contributed by atoms with Gasteiger partial charge in [0.05, 0.1) is 17.6 Å². The molecule has 0 aromatic heterocycles. The van der Waals surface area contributed by atoms with E-state index in [0.717, 1.165) is 13.1 Å². The van der Waals surface area contributed by atoms with Crippen LogP contribution in [0.25, 0.3) is 0 Å². The van der Waals surface area contributed by atoms with Gasteiger partial charge in [-0.3, -0.25) is 4.79 Å². The SMILES string of the molecule is CC(O)C(C)(C)NC(=O)C1CNC1. The van der Waals surface area contributed by atoms with Crippen LogP contribution in [0, 0.1) is 5.92 Å². The van der Waals surface area contributed by atoms with Gasteiger partial charge in [0.1, 0.15) is 0 Å². The van der Waals surface area contributed by atoms with Gasteiger partial charge in [-0.05, 0) is 20.8 Å². The van der Waals surface area contributed by atoms with E-state index in [1.807, 2.05) is 13.8 Å². The Hall–Kier alpha value is -0.610. The molecule has 4 nitrogen and oxygen atoms in total. The molecule has 1 fully saturated rings. The van der Waals surface area contributed by atoms with E-state index in [1.54, 1.807) is 6.92 Å². The third kappa shape index (κ3) is 2.42. The summed E-state index contributed by atoms with van der Waals surface area (Å²) in [7, 11) is 0. The third-order valence-corrected chi connectivity index (χ3v) is 2.64. The number of carbonyl (C=O) groups excluding carboxylic acids is 1. The summed E-state index contributed by atoms with van der Waals surface area (Å²) in [6.07, 6.45) is -0.538. The minimum absolute atomic E-state index is 0.0321. The molecule has 1 aliphatic rings. The molecule has 0 aliphatic carbocycles. The number of rotatable bonds is 3. The van der Waals surface area contributed by atoms with E-state index in [0.29, 0.717) is 0 Å². The number of aliphatic hydroxyl groups is 1. The molecule has 0 radical (unpaired) electrons. The number of nitrogens with one attached hydrogen (secondary N) is 2. The Bertz CT molecular complexity index is 198. The van der Waals surface area contributed by atoms with Crippen molar-refractivity contribution in [3.05, 3.63) is 0 Å². The van der Waals surface area contributed by atoms with E-state index in [4.69, 9.17) is 0 Å². The Morgan fingerprint density at radius 3 is 2.46 bits per heavy atom. The minimum Gasteiger partial charge on any atom is -0.391 e. The molecule has 4 heteroatoms. The molecule has 76 valence electrons. The number of hydrogen-bond donors (Lipinski definition) is 3. The summed E-state index contributed by atoms with van der Waals surface area (Å²) >= 11 is 0. The lowest BCUT2D eigenvalue weighted by molar-refractivity contribution is -0.129. The predicted octanol–water partition coefficient (Wildman–Crippen LogP) is -0.519. The first-order chi connectivity index (χ1) is 5.93. The number of hydrogen-bond acceptors (Lipinski definition) is 3. The second-order valence-corrected chi connectivity index (χ2v) is 4.24. The highest BCUT2D eigenvalue weighted by Crippen LogP contribution is 2.11. The van der Waals surface area contributed by atoms with E-state index in [-0.39, 0.29) is 11.8 Å². The Labute approximate surface area is 78.7 Å².